The van der Waals surface area contributed by atoms with Crippen LogP contribution >= 0.6 is 11.3 Å². The average Bonchev–Trinajstić information content (AvgIpc) is 3.54. The van der Waals surface area contributed by atoms with E-state index in [1.165, 1.54) is 0 Å². The molecule has 0 bridgehead atoms. The van der Waals surface area contributed by atoms with Crippen LogP contribution < -0.4 is 9.64 Å². The van der Waals surface area contributed by atoms with Gasteiger partial charge in [-0.05, 0) is 35.7 Å². The molecular weight excluding hydrogens is 422 g/mol. The van der Waals surface area contributed by atoms with Crippen molar-refractivity contribution in [2.75, 3.05) is 38.2 Å². The summed E-state index contributed by atoms with van der Waals surface area (Å²) in [5.41, 5.74) is 1.98. The maximum absolute atomic E-state index is 13.3. The summed E-state index contributed by atoms with van der Waals surface area (Å²) in [4.78, 5) is 23.0. The van der Waals surface area contributed by atoms with E-state index < -0.39 is 0 Å². The Bertz CT molecular complexity index is 1200. The molecule has 162 valence electrons. The molecular formula is C24H23N5O2S. The maximum atomic E-state index is 13.3. The zero-order chi connectivity index (χ0) is 21.9. The molecule has 7 nitrogen and oxygen atoms in total. The van der Waals surface area contributed by atoms with Gasteiger partial charge in [0.05, 0.1) is 17.7 Å². The Kier molecular flexibility index (Phi) is 5.60. The van der Waals surface area contributed by atoms with Crippen LogP contribution in [0.3, 0.4) is 0 Å². The molecule has 0 N–H and O–H groups in total. The number of hydrogen-bond donors (Lipinski definition) is 0. The first-order valence-electron chi connectivity index (χ1n) is 10.5. The fraction of sp³-hybridized carbons (Fsp3) is 0.208. The maximum Gasteiger partial charge on any atom is 0.293 e. The van der Waals surface area contributed by atoms with Gasteiger partial charge in [0.1, 0.15) is 5.75 Å². The fourth-order valence-electron chi connectivity index (χ4n) is 3.83. The van der Waals surface area contributed by atoms with Crippen molar-refractivity contribution in [1.29, 1.82) is 0 Å². The quantitative estimate of drug-likeness (QED) is 0.465. The smallest absolute Gasteiger partial charge is 0.293 e. The van der Waals surface area contributed by atoms with Gasteiger partial charge in [-0.25, -0.2) is 9.67 Å². The number of rotatable bonds is 5. The van der Waals surface area contributed by atoms with Crippen molar-refractivity contribution < 1.29 is 9.53 Å². The Morgan fingerprint density at radius 2 is 1.72 bits per heavy atom. The van der Waals surface area contributed by atoms with E-state index in [-0.39, 0.29) is 11.7 Å². The normalized spacial score (nSPS) is 13.9. The van der Waals surface area contributed by atoms with Crippen LogP contribution in [0.2, 0.25) is 0 Å². The number of piperazine rings is 1. The molecule has 1 aliphatic rings. The Morgan fingerprint density at radius 3 is 2.44 bits per heavy atom. The Labute approximate surface area is 190 Å². The number of anilines is 1. The van der Waals surface area contributed by atoms with Gasteiger partial charge in [-0.3, -0.25) is 4.79 Å². The average molecular weight is 446 g/mol. The lowest BCUT2D eigenvalue weighted by Gasteiger charge is -2.35. The highest BCUT2D eigenvalue weighted by Gasteiger charge is 2.27. The molecule has 1 saturated heterocycles. The van der Waals surface area contributed by atoms with E-state index in [4.69, 9.17) is 4.74 Å². The third-order valence-electron chi connectivity index (χ3n) is 5.53. The summed E-state index contributed by atoms with van der Waals surface area (Å²) >= 11 is 1.58. The van der Waals surface area contributed by atoms with Crippen molar-refractivity contribution >= 4 is 22.9 Å². The Hall–Kier alpha value is -3.65. The number of benzene rings is 2. The van der Waals surface area contributed by atoms with Crippen LogP contribution in [0.25, 0.3) is 16.4 Å². The lowest BCUT2D eigenvalue weighted by atomic mass is 10.2. The molecule has 4 aromatic rings. The van der Waals surface area contributed by atoms with Crippen molar-refractivity contribution in [2.24, 2.45) is 0 Å². The summed E-state index contributed by atoms with van der Waals surface area (Å²) in [6, 6.07) is 21.8. The van der Waals surface area contributed by atoms with E-state index in [1.807, 2.05) is 70.9 Å². The molecule has 1 amide bonds. The Balaban J connectivity index is 1.36. The van der Waals surface area contributed by atoms with Gasteiger partial charge < -0.3 is 14.5 Å². The molecule has 0 atom stereocenters. The zero-order valence-corrected chi connectivity index (χ0v) is 18.5. The molecule has 2 aromatic carbocycles. The number of amides is 1. The summed E-state index contributed by atoms with van der Waals surface area (Å²) in [5.74, 6) is 1.61. The minimum Gasteiger partial charge on any atom is -0.497 e. The van der Waals surface area contributed by atoms with Crippen molar-refractivity contribution in [3.05, 3.63) is 77.9 Å². The molecule has 0 radical (unpaired) electrons. The van der Waals surface area contributed by atoms with Crippen molar-refractivity contribution in [3.63, 3.8) is 0 Å². The van der Waals surface area contributed by atoms with E-state index >= 15 is 0 Å². The lowest BCUT2D eigenvalue weighted by molar-refractivity contribution is 0.0734. The summed E-state index contributed by atoms with van der Waals surface area (Å²) in [6.45, 7) is 2.72. The Morgan fingerprint density at radius 1 is 0.938 bits per heavy atom. The number of hydrogen-bond acceptors (Lipinski definition) is 6. The van der Waals surface area contributed by atoms with Gasteiger partial charge >= 0.3 is 0 Å². The first-order valence-corrected chi connectivity index (χ1v) is 11.4. The van der Waals surface area contributed by atoms with Crippen LogP contribution in [0.5, 0.6) is 5.75 Å². The summed E-state index contributed by atoms with van der Waals surface area (Å²) < 4.78 is 7.09. The lowest BCUT2D eigenvalue weighted by Crippen LogP contribution is -2.49. The second kappa shape index (κ2) is 8.84. The number of thiophene rings is 1. The summed E-state index contributed by atoms with van der Waals surface area (Å²) in [7, 11) is 1.67. The molecule has 5 rings (SSSR count). The van der Waals surface area contributed by atoms with Crippen LogP contribution in [0.4, 0.5) is 5.69 Å². The predicted octanol–water partition coefficient (Wildman–Crippen LogP) is 3.97. The molecule has 1 fully saturated rings. The minimum absolute atomic E-state index is 0.136. The van der Waals surface area contributed by atoms with Crippen LogP contribution in [0, 0.1) is 0 Å². The van der Waals surface area contributed by atoms with Gasteiger partial charge in [-0.1, -0.05) is 30.3 Å². The van der Waals surface area contributed by atoms with E-state index in [2.05, 4.69) is 21.0 Å². The predicted molar refractivity (Wildman–Crippen MR) is 126 cm³/mol. The summed E-state index contributed by atoms with van der Waals surface area (Å²) in [6.07, 6.45) is 0. The number of para-hydroxylation sites is 1. The number of carbonyl (C=O) groups excluding carboxylic acids is 1. The third-order valence-corrected chi connectivity index (χ3v) is 6.39. The standard InChI is InChI=1S/C24H23N5O2S/c1-31-20-10-5-9-19(17-20)27-12-14-28(15-13-27)24(30)22-25-23(21-11-6-16-32-21)29(26-22)18-7-3-2-4-8-18/h2-11,16-17H,12-15H2,1H3. The molecule has 2 aromatic heterocycles. The van der Waals surface area contributed by atoms with E-state index in [0.29, 0.717) is 18.9 Å². The van der Waals surface area contributed by atoms with Crippen LogP contribution in [-0.4, -0.2) is 58.9 Å². The number of aromatic nitrogens is 3. The van der Waals surface area contributed by atoms with Gasteiger partial charge in [-0.15, -0.1) is 16.4 Å². The van der Waals surface area contributed by atoms with Gasteiger partial charge in [0.2, 0.25) is 5.82 Å². The van der Waals surface area contributed by atoms with E-state index in [0.717, 1.165) is 35.1 Å². The zero-order valence-electron chi connectivity index (χ0n) is 17.7. The highest BCUT2D eigenvalue weighted by molar-refractivity contribution is 7.13. The monoisotopic (exact) mass is 445 g/mol. The van der Waals surface area contributed by atoms with Crippen molar-refractivity contribution in [3.8, 4) is 22.1 Å². The second-order valence-electron chi connectivity index (χ2n) is 7.46. The fourth-order valence-corrected chi connectivity index (χ4v) is 4.53. The molecule has 0 unspecified atom stereocenters. The second-order valence-corrected chi connectivity index (χ2v) is 8.41. The highest BCUT2D eigenvalue weighted by Crippen LogP contribution is 2.26. The van der Waals surface area contributed by atoms with Gasteiger partial charge in [0.15, 0.2) is 5.82 Å². The number of ether oxygens (including phenoxy) is 1. The SMILES string of the molecule is COc1cccc(N2CCN(C(=O)c3nc(-c4cccs4)n(-c4ccccc4)n3)CC2)c1. The number of methoxy groups -OCH3 is 1. The first kappa shape index (κ1) is 20.3. The molecule has 0 saturated carbocycles. The number of carbonyl (C=O) groups is 1. The van der Waals surface area contributed by atoms with Gasteiger partial charge in [-0.2, -0.15) is 0 Å². The minimum atomic E-state index is -0.136. The topological polar surface area (TPSA) is 63.5 Å². The van der Waals surface area contributed by atoms with E-state index in [9.17, 15) is 4.79 Å². The van der Waals surface area contributed by atoms with Gasteiger partial charge in [0, 0.05) is 37.9 Å². The molecule has 0 aliphatic carbocycles. The largest absolute Gasteiger partial charge is 0.497 e. The third kappa shape index (κ3) is 3.97. The molecule has 1 aliphatic heterocycles. The molecule has 3 heterocycles. The van der Waals surface area contributed by atoms with Gasteiger partial charge in [0.25, 0.3) is 5.91 Å². The highest BCUT2D eigenvalue weighted by atomic mass is 32.1. The van der Waals surface area contributed by atoms with Crippen LogP contribution in [-0.2, 0) is 0 Å². The first-order chi connectivity index (χ1) is 15.7. The number of nitrogens with zero attached hydrogens (tertiary/aromatic N) is 5. The van der Waals surface area contributed by atoms with E-state index in [1.54, 1.807) is 23.1 Å². The van der Waals surface area contributed by atoms with Crippen molar-refractivity contribution in [1.82, 2.24) is 19.7 Å². The van der Waals surface area contributed by atoms with Crippen LogP contribution in [0.15, 0.2) is 72.1 Å². The van der Waals surface area contributed by atoms with Crippen molar-refractivity contribution in [2.45, 2.75) is 0 Å². The molecule has 0 spiro atoms. The molecule has 32 heavy (non-hydrogen) atoms. The summed E-state index contributed by atoms with van der Waals surface area (Å²) in [5, 5.41) is 6.60. The molecule has 8 heteroatoms. The van der Waals surface area contributed by atoms with Crippen LogP contribution in [0.1, 0.15) is 10.6 Å².